The molecule has 1 amide bonds. The lowest BCUT2D eigenvalue weighted by Gasteiger charge is -2.29. The summed E-state index contributed by atoms with van der Waals surface area (Å²) in [6, 6.07) is 0. The first-order valence-corrected chi connectivity index (χ1v) is 4.66. The molecule has 1 atom stereocenters. The van der Waals surface area contributed by atoms with Gasteiger partial charge in [-0.15, -0.1) is 0 Å². The Bertz CT molecular complexity index is 253. The minimum Gasteiger partial charge on any atom is -0.481 e. The molecule has 0 spiro atoms. The van der Waals surface area contributed by atoms with Crippen LogP contribution in [0.1, 0.15) is 26.7 Å². The number of hydrogen-bond acceptors (Lipinski definition) is 3. The van der Waals surface area contributed by atoms with Crippen molar-refractivity contribution in [2.24, 2.45) is 0 Å². The Labute approximate surface area is 82.6 Å². The molecule has 14 heavy (non-hydrogen) atoms. The van der Waals surface area contributed by atoms with Crippen molar-refractivity contribution >= 4 is 12.1 Å². The first-order chi connectivity index (χ1) is 6.49. The quantitative estimate of drug-likeness (QED) is 0.739. The number of carboxylic acid groups (broad SMARTS) is 1. The summed E-state index contributed by atoms with van der Waals surface area (Å²) >= 11 is 0. The van der Waals surface area contributed by atoms with Crippen LogP contribution in [-0.4, -0.2) is 40.8 Å². The number of rotatable bonds is 4. The van der Waals surface area contributed by atoms with Crippen LogP contribution in [0.2, 0.25) is 0 Å². The number of amides is 1. The maximum absolute atomic E-state index is 11.3. The van der Waals surface area contributed by atoms with E-state index in [4.69, 9.17) is 9.84 Å². The first-order valence-electron chi connectivity index (χ1n) is 4.66. The van der Waals surface area contributed by atoms with E-state index in [-0.39, 0.29) is 13.0 Å². The van der Waals surface area contributed by atoms with Crippen molar-refractivity contribution in [2.45, 2.75) is 32.2 Å². The van der Waals surface area contributed by atoms with Crippen molar-refractivity contribution in [3.8, 4) is 0 Å². The Hall–Kier alpha value is -1.26. The predicted molar refractivity (Wildman–Crippen MR) is 49.0 cm³/mol. The van der Waals surface area contributed by atoms with E-state index in [0.29, 0.717) is 6.54 Å². The molecule has 0 aromatic rings. The molecule has 1 heterocycles. The summed E-state index contributed by atoms with van der Waals surface area (Å²) in [6.07, 6.45) is 0.318. The van der Waals surface area contributed by atoms with Crippen LogP contribution in [0.3, 0.4) is 0 Å². The second kappa shape index (κ2) is 3.86. The van der Waals surface area contributed by atoms with E-state index in [0.717, 1.165) is 6.42 Å². The predicted octanol–water partition coefficient (Wildman–Crippen LogP) is 1.08. The lowest BCUT2D eigenvalue weighted by atomic mass is 9.98. The molecule has 80 valence electrons. The van der Waals surface area contributed by atoms with Gasteiger partial charge < -0.3 is 9.84 Å². The van der Waals surface area contributed by atoms with Crippen LogP contribution >= 0.6 is 0 Å². The highest BCUT2D eigenvalue weighted by Gasteiger charge is 2.44. The molecular formula is C9H15NO4. The number of hydrogen-bond donors (Lipinski definition) is 1. The molecule has 0 bridgehead atoms. The van der Waals surface area contributed by atoms with Gasteiger partial charge in [0.15, 0.2) is 0 Å². The summed E-state index contributed by atoms with van der Waals surface area (Å²) < 4.78 is 4.86. The van der Waals surface area contributed by atoms with Crippen molar-refractivity contribution in [1.82, 2.24) is 4.90 Å². The molecule has 0 aromatic carbocycles. The number of carbonyl (C=O) groups excluding carboxylic acids is 1. The van der Waals surface area contributed by atoms with E-state index in [1.54, 1.807) is 6.92 Å². The molecule has 1 N–H and O–H groups in total. The maximum atomic E-state index is 11.3. The normalized spacial score (nSPS) is 26.4. The smallest absolute Gasteiger partial charge is 0.410 e. The van der Waals surface area contributed by atoms with Crippen LogP contribution in [0.15, 0.2) is 0 Å². The highest BCUT2D eigenvalue weighted by atomic mass is 16.6. The SMILES string of the molecule is CCCN1C(=O)OCC1(C)CC(=O)O. The molecule has 1 unspecified atom stereocenters. The molecular weight excluding hydrogens is 186 g/mol. The molecule has 0 saturated carbocycles. The Balaban J connectivity index is 2.75. The van der Waals surface area contributed by atoms with Crippen molar-refractivity contribution in [1.29, 1.82) is 0 Å². The standard InChI is InChI=1S/C9H15NO4/c1-3-4-10-8(13)14-6-9(10,2)5-7(11)12/h3-6H2,1-2H3,(H,11,12). The monoisotopic (exact) mass is 201 g/mol. The lowest BCUT2D eigenvalue weighted by molar-refractivity contribution is -0.139. The van der Waals surface area contributed by atoms with Crippen LogP contribution in [0.5, 0.6) is 0 Å². The van der Waals surface area contributed by atoms with E-state index >= 15 is 0 Å². The Morgan fingerprint density at radius 1 is 1.71 bits per heavy atom. The summed E-state index contributed by atoms with van der Waals surface area (Å²) in [5.74, 6) is -0.910. The van der Waals surface area contributed by atoms with Crippen LogP contribution in [0, 0.1) is 0 Å². The highest BCUT2D eigenvalue weighted by Crippen LogP contribution is 2.27. The van der Waals surface area contributed by atoms with E-state index in [9.17, 15) is 9.59 Å². The summed E-state index contributed by atoms with van der Waals surface area (Å²) in [6.45, 7) is 4.38. The Morgan fingerprint density at radius 3 is 2.86 bits per heavy atom. The second-order valence-corrected chi connectivity index (χ2v) is 3.77. The van der Waals surface area contributed by atoms with Crippen LogP contribution < -0.4 is 0 Å². The number of carboxylic acids is 1. The molecule has 0 aliphatic carbocycles. The molecule has 1 rings (SSSR count). The van der Waals surface area contributed by atoms with Crippen LogP contribution in [0.4, 0.5) is 4.79 Å². The number of carbonyl (C=O) groups is 2. The third-order valence-electron chi connectivity index (χ3n) is 2.36. The van der Waals surface area contributed by atoms with Gasteiger partial charge >= 0.3 is 12.1 Å². The molecule has 5 heteroatoms. The van der Waals surface area contributed by atoms with Crippen molar-refractivity contribution in [3.05, 3.63) is 0 Å². The zero-order valence-corrected chi connectivity index (χ0v) is 8.45. The maximum Gasteiger partial charge on any atom is 0.410 e. The number of cyclic esters (lactones) is 1. The Kier molecular flexibility index (Phi) is 2.98. The van der Waals surface area contributed by atoms with Gasteiger partial charge in [-0.2, -0.15) is 0 Å². The molecule has 1 fully saturated rings. The summed E-state index contributed by atoms with van der Waals surface area (Å²) in [5.41, 5.74) is -0.682. The van der Waals surface area contributed by atoms with Gasteiger partial charge in [0.2, 0.25) is 0 Å². The third kappa shape index (κ3) is 1.97. The van der Waals surface area contributed by atoms with Gasteiger partial charge in [0.25, 0.3) is 0 Å². The molecule has 1 aliphatic heterocycles. The Morgan fingerprint density at radius 2 is 2.36 bits per heavy atom. The van der Waals surface area contributed by atoms with Gasteiger partial charge in [0.05, 0.1) is 12.0 Å². The van der Waals surface area contributed by atoms with Crippen molar-refractivity contribution < 1.29 is 19.4 Å². The number of nitrogens with zero attached hydrogens (tertiary/aromatic N) is 1. The van der Waals surface area contributed by atoms with E-state index in [1.165, 1.54) is 4.90 Å². The summed E-state index contributed by atoms with van der Waals surface area (Å²) in [5, 5.41) is 8.72. The number of ether oxygens (including phenoxy) is 1. The molecule has 5 nitrogen and oxygen atoms in total. The van der Waals surface area contributed by atoms with Crippen molar-refractivity contribution in [2.75, 3.05) is 13.2 Å². The topological polar surface area (TPSA) is 66.8 Å². The van der Waals surface area contributed by atoms with Gasteiger partial charge in [-0.3, -0.25) is 9.69 Å². The largest absolute Gasteiger partial charge is 0.481 e. The van der Waals surface area contributed by atoms with Crippen LogP contribution in [-0.2, 0) is 9.53 Å². The minimum atomic E-state index is -0.910. The average Bonchev–Trinajstić information content (AvgIpc) is 2.32. The molecule has 1 saturated heterocycles. The fourth-order valence-corrected chi connectivity index (χ4v) is 1.65. The average molecular weight is 201 g/mol. The highest BCUT2D eigenvalue weighted by molar-refractivity contribution is 5.75. The van der Waals surface area contributed by atoms with Gasteiger partial charge in [-0.1, -0.05) is 6.92 Å². The van der Waals surface area contributed by atoms with Gasteiger partial charge in [0, 0.05) is 6.54 Å². The van der Waals surface area contributed by atoms with Gasteiger partial charge in [0.1, 0.15) is 6.61 Å². The zero-order chi connectivity index (χ0) is 10.8. The van der Waals surface area contributed by atoms with E-state index in [2.05, 4.69) is 0 Å². The number of aliphatic carboxylic acids is 1. The fourth-order valence-electron chi connectivity index (χ4n) is 1.65. The lowest BCUT2D eigenvalue weighted by Crippen LogP contribution is -2.46. The van der Waals surface area contributed by atoms with E-state index in [1.807, 2.05) is 6.92 Å². The summed E-state index contributed by atoms with van der Waals surface area (Å²) in [4.78, 5) is 23.4. The first kappa shape index (κ1) is 10.8. The van der Waals surface area contributed by atoms with E-state index < -0.39 is 17.6 Å². The van der Waals surface area contributed by atoms with Gasteiger partial charge in [-0.05, 0) is 13.3 Å². The minimum absolute atomic E-state index is 0.0707. The van der Waals surface area contributed by atoms with Gasteiger partial charge in [-0.25, -0.2) is 4.79 Å². The third-order valence-corrected chi connectivity index (χ3v) is 2.36. The van der Waals surface area contributed by atoms with Crippen molar-refractivity contribution in [3.63, 3.8) is 0 Å². The molecule has 0 aromatic heterocycles. The van der Waals surface area contributed by atoms with Crippen LogP contribution in [0.25, 0.3) is 0 Å². The fraction of sp³-hybridized carbons (Fsp3) is 0.778. The molecule has 1 aliphatic rings. The molecule has 0 radical (unpaired) electrons. The second-order valence-electron chi connectivity index (χ2n) is 3.77. The zero-order valence-electron chi connectivity index (χ0n) is 8.45. The summed E-state index contributed by atoms with van der Waals surface area (Å²) in [7, 11) is 0.